The van der Waals surface area contributed by atoms with Gasteiger partial charge in [-0.1, -0.05) is 25.0 Å². The Morgan fingerprint density at radius 2 is 1.88 bits per heavy atom. The van der Waals surface area contributed by atoms with Crippen LogP contribution in [0.15, 0.2) is 12.1 Å². The number of hydrogen-bond acceptors (Lipinski definition) is 1. The number of benzene rings is 1. The van der Waals surface area contributed by atoms with E-state index >= 15 is 0 Å². The van der Waals surface area contributed by atoms with Gasteiger partial charge in [-0.25, -0.2) is 0 Å². The molecule has 0 bridgehead atoms. The second-order valence-electron chi connectivity index (χ2n) is 4.83. The van der Waals surface area contributed by atoms with E-state index in [-0.39, 0.29) is 5.38 Å². The zero-order valence-electron chi connectivity index (χ0n) is 10.2. The number of rotatable bonds is 4. The van der Waals surface area contributed by atoms with E-state index in [0.29, 0.717) is 0 Å². The van der Waals surface area contributed by atoms with Crippen LogP contribution in [0.2, 0.25) is 0 Å². The van der Waals surface area contributed by atoms with E-state index < -0.39 is 0 Å². The second-order valence-corrected chi connectivity index (χ2v) is 5.36. The molecule has 1 nitrogen and oxygen atoms in total. The first-order valence-electron chi connectivity index (χ1n) is 5.91. The topological polar surface area (TPSA) is 9.23 Å². The maximum absolute atomic E-state index is 6.44. The van der Waals surface area contributed by atoms with Gasteiger partial charge in [-0.15, -0.1) is 11.6 Å². The van der Waals surface area contributed by atoms with Crippen LogP contribution in [-0.4, -0.2) is 7.11 Å². The molecule has 0 amide bonds. The van der Waals surface area contributed by atoms with Crippen molar-refractivity contribution in [1.29, 1.82) is 0 Å². The zero-order valence-corrected chi connectivity index (χ0v) is 11.0. The summed E-state index contributed by atoms with van der Waals surface area (Å²) in [7, 11) is 1.72. The summed E-state index contributed by atoms with van der Waals surface area (Å²) in [4.78, 5) is 0. The predicted octanol–water partition coefficient (Wildman–Crippen LogP) is 4.39. The maximum atomic E-state index is 6.44. The number of aryl methyl sites for hydroxylation is 2. The highest BCUT2D eigenvalue weighted by molar-refractivity contribution is 6.20. The van der Waals surface area contributed by atoms with Crippen molar-refractivity contribution >= 4 is 11.6 Å². The summed E-state index contributed by atoms with van der Waals surface area (Å²) in [6.45, 7) is 4.16. The summed E-state index contributed by atoms with van der Waals surface area (Å²) in [5, 5.41) is 0.163. The Kier molecular flexibility index (Phi) is 3.44. The molecule has 1 atom stereocenters. The van der Waals surface area contributed by atoms with E-state index in [9.17, 15) is 0 Å². The van der Waals surface area contributed by atoms with Crippen LogP contribution in [-0.2, 0) is 0 Å². The summed E-state index contributed by atoms with van der Waals surface area (Å²) in [5.74, 6) is 1.85. The summed E-state index contributed by atoms with van der Waals surface area (Å²) in [6.07, 6.45) is 3.83. The van der Waals surface area contributed by atoms with Crippen molar-refractivity contribution in [1.82, 2.24) is 0 Å². The van der Waals surface area contributed by atoms with Gasteiger partial charge in [0, 0.05) is 0 Å². The number of ether oxygens (including phenoxy) is 1. The third kappa shape index (κ3) is 2.52. The Morgan fingerprint density at radius 3 is 2.31 bits per heavy atom. The first-order chi connectivity index (χ1) is 7.61. The van der Waals surface area contributed by atoms with Gasteiger partial charge in [0.25, 0.3) is 0 Å². The Hall–Kier alpha value is -0.690. The van der Waals surface area contributed by atoms with Gasteiger partial charge >= 0.3 is 0 Å². The van der Waals surface area contributed by atoms with Crippen LogP contribution in [0.1, 0.15) is 41.3 Å². The van der Waals surface area contributed by atoms with Crippen LogP contribution in [0.25, 0.3) is 0 Å². The predicted molar refractivity (Wildman–Crippen MR) is 68.4 cm³/mol. The van der Waals surface area contributed by atoms with E-state index in [0.717, 1.165) is 18.1 Å². The summed E-state index contributed by atoms with van der Waals surface area (Å²) in [6, 6.07) is 4.32. The first kappa shape index (κ1) is 11.8. The van der Waals surface area contributed by atoms with Gasteiger partial charge in [-0.05, 0) is 42.9 Å². The molecule has 0 aromatic heterocycles. The van der Waals surface area contributed by atoms with Crippen molar-refractivity contribution in [2.45, 2.75) is 38.5 Å². The average Bonchev–Trinajstić information content (AvgIpc) is 3.01. The third-order valence-corrected chi connectivity index (χ3v) is 3.72. The molecule has 2 rings (SSSR count). The van der Waals surface area contributed by atoms with Gasteiger partial charge in [0.05, 0.1) is 12.5 Å². The van der Waals surface area contributed by atoms with Crippen molar-refractivity contribution in [2.24, 2.45) is 5.92 Å². The molecular weight excluding hydrogens is 220 g/mol. The van der Waals surface area contributed by atoms with Crippen LogP contribution >= 0.6 is 11.6 Å². The Morgan fingerprint density at radius 1 is 1.31 bits per heavy atom. The minimum atomic E-state index is 0.163. The molecule has 0 heterocycles. The molecule has 1 aliphatic carbocycles. The number of alkyl halides is 1. The monoisotopic (exact) mass is 238 g/mol. The molecule has 16 heavy (non-hydrogen) atoms. The maximum Gasteiger partial charge on any atom is 0.124 e. The minimum absolute atomic E-state index is 0.163. The lowest BCUT2D eigenvalue weighted by Crippen LogP contribution is -1.97. The minimum Gasteiger partial charge on any atom is -0.496 e. The first-order valence-corrected chi connectivity index (χ1v) is 6.34. The highest BCUT2D eigenvalue weighted by Crippen LogP contribution is 2.41. The van der Waals surface area contributed by atoms with Crippen molar-refractivity contribution in [3.63, 3.8) is 0 Å². The lowest BCUT2D eigenvalue weighted by atomic mass is 10.0. The average molecular weight is 239 g/mol. The SMILES string of the molecule is COc1c(C)cc(C(Cl)CC2CC2)cc1C. The smallest absolute Gasteiger partial charge is 0.124 e. The van der Waals surface area contributed by atoms with Gasteiger partial charge in [-0.3, -0.25) is 0 Å². The number of halogens is 1. The molecule has 1 aliphatic rings. The fourth-order valence-electron chi connectivity index (χ4n) is 2.27. The fourth-order valence-corrected chi connectivity index (χ4v) is 2.65. The second kappa shape index (κ2) is 4.67. The largest absolute Gasteiger partial charge is 0.496 e. The Labute approximate surface area is 103 Å². The van der Waals surface area contributed by atoms with E-state index in [1.54, 1.807) is 7.11 Å². The highest BCUT2D eigenvalue weighted by Gasteiger charge is 2.25. The number of methoxy groups -OCH3 is 1. The van der Waals surface area contributed by atoms with Crippen molar-refractivity contribution < 1.29 is 4.74 Å². The van der Waals surface area contributed by atoms with Crippen molar-refractivity contribution in [2.75, 3.05) is 7.11 Å². The molecule has 1 aromatic rings. The molecular formula is C14H19ClO. The number of hydrogen-bond donors (Lipinski definition) is 0. The highest BCUT2D eigenvalue weighted by atomic mass is 35.5. The summed E-state index contributed by atoms with van der Waals surface area (Å²) < 4.78 is 5.36. The molecule has 1 fully saturated rings. The third-order valence-electron chi connectivity index (χ3n) is 3.29. The van der Waals surface area contributed by atoms with Gasteiger partial charge in [0.15, 0.2) is 0 Å². The molecule has 0 saturated heterocycles. The van der Waals surface area contributed by atoms with Gasteiger partial charge in [0.1, 0.15) is 5.75 Å². The van der Waals surface area contributed by atoms with Crippen molar-refractivity contribution in [3.05, 3.63) is 28.8 Å². The molecule has 1 unspecified atom stereocenters. The van der Waals surface area contributed by atoms with Crippen LogP contribution < -0.4 is 4.74 Å². The van der Waals surface area contributed by atoms with Crippen LogP contribution in [0.4, 0.5) is 0 Å². The Balaban J connectivity index is 2.20. The lowest BCUT2D eigenvalue weighted by Gasteiger charge is -2.14. The fraction of sp³-hybridized carbons (Fsp3) is 0.571. The lowest BCUT2D eigenvalue weighted by molar-refractivity contribution is 0.408. The van der Waals surface area contributed by atoms with Gasteiger partial charge in [0.2, 0.25) is 0 Å². The zero-order chi connectivity index (χ0) is 11.7. The van der Waals surface area contributed by atoms with E-state index in [2.05, 4.69) is 26.0 Å². The van der Waals surface area contributed by atoms with Crippen molar-refractivity contribution in [3.8, 4) is 5.75 Å². The molecule has 0 spiro atoms. The molecule has 1 aromatic carbocycles. The molecule has 0 N–H and O–H groups in total. The quantitative estimate of drug-likeness (QED) is 0.707. The Bertz CT molecular complexity index is 359. The van der Waals surface area contributed by atoms with E-state index in [1.165, 1.54) is 29.5 Å². The molecule has 88 valence electrons. The normalized spacial score (nSPS) is 17.2. The standard InChI is InChI=1S/C14H19ClO/c1-9-6-12(7-10(2)14(9)16-3)13(15)8-11-4-5-11/h6-7,11,13H,4-5,8H2,1-3H3. The van der Waals surface area contributed by atoms with Crippen LogP contribution in [0.5, 0.6) is 5.75 Å². The molecule has 0 radical (unpaired) electrons. The van der Waals surface area contributed by atoms with Crippen LogP contribution in [0, 0.1) is 19.8 Å². The molecule has 1 saturated carbocycles. The summed E-state index contributed by atoms with van der Waals surface area (Å²) in [5.41, 5.74) is 3.60. The summed E-state index contributed by atoms with van der Waals surface area (Å²) >= 11 is 6.44. The van der Waals surface area contributed by atoms with Gasteiger partial charge in [-0.2, -0.15) is 0 Å². The van der Waals surface area contributed by atoms with E-state index in [1.807, 2.05) is 0 Å². The van der Waals surface area contributed by atoms with Gasteiger partial charge < -0.3 is 4.74 Å². The van der Waals surface area contributed by atoms with Crippen LogP contribution in [0.3, 0.4) is 0 Å². The molecule has 0 aliphatic heterocycles. The van der Waals surface area contributed by atoms with E-state index in [4.69, 9.17) is 16.3 Å². The molecule has 2 heteroatoms.